The van der Waals surface area contributed by atoms with E-state index < -0.39 is 0 Å². The lowest BCUT2D eigenvalue weighted by molar-refractivity contribution is 0.113. The molecule has 1 rings (SSSR count). The summed E-state index contributed by atoms with van der Waals surface area (Å²) in [6.45, 7) is 4.74. The van der Waals surface area contributed by atoms with Gasteiger partial charge >= 0.3 is 0 Å². The number of aliphatic hydroxyl groups is 1. The Labute approximate surface area is 89.8 Å². The van der Waals surface area contributed by atoms with Gasteiger partial charge in [-0.05, 0) is 31.5 Å². The number of nitrogens with two attached hydrogens (primary N) is 1. The minimum absolute atomic E-state index is 0.193. The van der Waals surface area contributed by atoms with Gasteiger partial charge in [-0.2, -0.15) is 0 Å². The van der Waals surface area contributed by atoms with Crippen LogP contribution in [0, 0.1) is 5.92 Å². The molecule has 0 aliphatic heterocycles. The van der Waals surface area contributed by atoms with E-state index in [0.29, 0.717) is 6.54 Å². The van der Waals surface area contributed by atoms with Crippen LogP contribution in [0.5, 0.6) is 0 Å². The van der Waals surface area contributed by atoms with Gasteiger partial charge in [0, 0.05) is 15.7 Å². The molecule has 0 amide bonds. The number of rotatable bonds is 5. The second-order valence-corrected chi connectivity index (χ2v) is 4.71. The predicted octanol–water partition coefficient (Wildman–Crippen LogP) is 2.33. The monoisotopic (exact) mass is 213 g/mol. The van der Waals surface area contributed by atoms with E-state index in [0.717, 1.165) is 17.7 Å². The molecule has 0 aliphatic carbocycles. The van der Waals surface area contributed by atoms with Gasteiger partial charge < -0.3 is 10.8 Å². The van der Waals surface area contributed by atoms with E-state index >= 15 is 0 Å². The van der Waals surface area contributed by atoms with Crippen LogP contribution in [0.4, 0.5) is 0 Å². The standard InChI is InChI=1S/C11H19NOS/c1-3-8(7-12)11(13)10-6-5-9(4-2)14-10/h5-6,8,11,13H,3-4,7,12H2,1-2H3. The van der Waals surface area contributed by atoms with Gasteiger partial charge in [-0.15, -0.1) is 11.3 Å². The second kappa shape index (κ2) is 5.49. The zero-order valence-corrected chi connectivity index (χ0v) is 9.68. The summed E-state index contributed by atoms with van der Waals surface area (Å²) in [5, 5.41) is 10.0. The third kappa shape index (κ3) is 2.56. The van der Waals surface area contributed by atoms with Gasteiger partial charge in [-0.25, -0.2) is 0 Å². The molecule has 2 unspecified atom stereocenters. The lowest BCUT2D eigenvalue weighted by Gasteiger charge is -2.18. The van der Waals surface area contributed by atoms with E-state index in [1.807, 2.05) is 6.07 Å². The lowest BCUT2D eigenvalue weighted by atomic mass is 9.99. The molecular formula is C11H19NOS. The number of thiophene rings is 1. The fourth-order valence-corrected chi connectivity index (χ4v) is 2.53. The van der Waals surface area contributed by atoms with Crippen molar-refractivity contribution in [1.29, 1.82) is 0 Å². The average molecular weight is 213 g/mol. The smallest absolute Gasteiger partial charge is 0.0922 e. The average Bonchev–Trinajstić information content (AvgIpc) is 2.67. The first kappa shape index (κ1) is 11.7. The van der Waals surface area contributed by atoms with Crippen molar-refractivity contribution in [3.8, 4) is 0 Å². The Morgan fingerprint density at radius 1 is 1.43 bits per heavy atom. The van der Waals surface area contributed by atoms with Crippen molar-refractivity contribution < 1.29 is 5.11 Å². The van der Waals surface area contributed by atoms with Crippen molar-refractivity contribution in [2.75, 3.05) is 6.54 Å². The first-order chi connectivity index (χ1) is 6.72. The third-order valence-electron chi connectivity index (χ3n) is 2.60. The van der Waals surface area contributed by atoms with Crippen LogP contribution >= 0.6 is 11.3 Å². The van der Waals surface area contributed by atoms with Gasteiger partial charge in [-0.3, -0.25) is 0 Å². The molecule has 0 bridgehead atoms. The number of hydrogen-bond acceptors (Lipinski definition) is 3. The molecule has 0 aromatic carbocycles. The van der Waals surface area contributed by atoms with Crippen molar-refractivity contribution >= 4 is 11.3 Å². The van der Waals surface area contributed by atoms with Gasteiger partial charge in [-0.1, -0.05) is 13.8 Å². The maximum atomic E-state index is 10.0. The van der Waals surface area contributed by atoms with E-state index in [9.17, 15) is 5.11 Å². The minimum atomic E-state index is -0.379. The number of aliphatic hydroxyl groups excluding tert-OH is 1. The molecule has 14 heavy (non-hydrogen) atoms. The van der Waals surface area contributed by atoms with Gasteiger partial charge in [0.25, 0.3) is 0 Å². The van der Waals surface area contributed by atoms with Crippen LogP contribution in [0.25, 0.3) is 0 Å². The first-order valence-corrected chi connectivity index (χ1v) is 6.01. The molecule has 0 fully saturated rings. The summed E-state index contributed by atoms with van der Waals surface area (Å²) in [6, 6.07) is 4.11. The van der Waals surface area contributed by atoms with E-state index in [1.165, 1.54) is 4.88 Å². The summed E-state index contributed by atoms with van der Waals surface area (Å²) < 4.78 is 0. The van der Waals surface area contributed by atoms with Crippen LogP contribution in [-0.2, 0) is 6.42 Å². The zero-order valence-electron chi connectivity index (χ0n) is 8.86. The van der Waals surface area contributed by atoms with Crippen LogP contribution in [0.2, 0.25) is 0 Å². The molecule has 3 N–H and O–H groups in total. The van der Waals surface area contributed by atoms with Crippen molar-refractivity contribution in [2.45, 2.75) is 32.8 Å². The maximum absolute atomic E-state index is 10.0. The van der Waals surface area contributed by atoms with Crippen molar-refractivity contribution in [3.63, 3.8) is 0 Å². The first-order valence-electron chi connectivity index (χ1n) is 5.19. The van der Waals surface area contributed by atoms with Gasteiger partial charge in [0.15, 0.2) is 0 Å². The molecule has 1 aromatic heterocycles. The Morgan fingerprint density at radius 2 is 2.14 bits per heavy atom. The summed E-state index contributed by atoms with van der Waals surface area (Å²) in [4.78, 5) is 2.38. The maximum Gasteiger partial charge on any atom is 0.0922 e. The molecule has 80 valence electrons. The number of hydrogen-bond donors (Lipinski definition) is 2. The van der Waals surface area contributed by atoms with Crippen molar-refractivity contribution in [2.24, 2.45) is 11.7 Å². The molecule has 2 atom stereocenters. The Bertz CT molecular complexity index is 268. The normalized spacial score (nSPS) is 15.4. The second-order valence-electron chi connectivity index (χ2n) is 3.51. The van der Waals surface area contributed by atoms with Gasteiger partial charge in [0.05, 0.1) is 6.10 Å². The number of aryl methyl sites for hydroxylation is 1. The largest absolute Gasteiger partial charge is 0.387 e. The van der Waals surface area contributed by atoms with Crippen LogP contribution in [0.1, 0.15) is 36.1 Å². The van der Waals surface area contributed by atoms with Crippen LogP contribution < -0.4 is 5.73 Å². The highest BCUT2D eigenvalue weighted by atomic mass is 32.1. The Kier molecular flexibility index (Phi) is 4.58. The third-order valence-corrected chi connectivity index (χ3v) is 3.90. The zero-order chi connectivity index (χ0) is 10.6. The lowest BCUT2D eigenvalue weighted by Crippen LogP contribution is -2.20. The van der Waals surface area contributed by atoms with Crippen molar-refractivity contribution in [1.82, 2.24) is 0 Å². The van der Waals surface area contributed by atoms with Crippen molar-refractivity contribution in [3.05, 3.63) is 21.9 Å². The molecule has 0 spiro atoms. The fourth-order valence-electron chi connectivity index (χ4n) is 1.49. The predicted molar refractivity (Wildman–Crippen MR) is 61.5 cm³/mol. The molecular weight excluding hydrogens is 194 g/mol. The topological polar surface area (TPSA) is 46.2 Å². The summed E-state index contributed by atoms with van der Waals surface area (Å²) in [5.41, 5.74) is 5.61. The Hall–Kier alpha value is -0.380. The molecule has 1 aromatic rings. The van der Waals surface area contributed by atoms with E-state index in [-0.39, 0.29) is 12.0 Å². The summed E-state index contributed by atoms with van der Waals surface area (Å²) in [5.74, 6) is 0.193. The highest BCUT2D eigenvalue weighted by molar-refractivity contribution is 7.12. The molecule has 0 radical (unpaired) electrons. The molecule has 0 saturated heterocycles. The summed E-state index contributed by atoms with van der Waals surface area (Å²) in [7, 11) is 0. The van der Waals surface area contributed by atoms with E-state index in [4.69, 9.17) is 5.73 Å². The van der Waals surface area contributed by atoms with Crippen LogP contribution in [0.15, 0.2) is 12.1 Å². The highest BCUT2D eigenvalue weighted by Crippen LogP contribution is 2.29. The highest BCUT2D eigenvalue weighted by Gasteiger charge is 2.19. The van der Waals surface area contributed by atoms with Gasteiger partial charge in [0.2, 0.25) is 0 Å². The van der Waals surface area contributed by atoms with E-state index in [1.54, 1.807) is 11.3 Å². The fraction of sp³-hybridized carbons (Fsp3) is 0.636. The summed E-state index contributed by atoms with van der Waals surface area (Å²) in [6.07, 6.45) is 1.59. The van der Waals surface area contributed by atoms with Crippen LogP contribution in [-0.4, -0.2) is 11.7 Å². The van der Waals surface area contributed by atoms with Gasteiger partial charge in [0.1, 0.15) is 0 Å². The molecule has 0 aliphatic rings. The minimum Gasteiger partial charge on any atom is -0.387 e. The molecule has 0 saturated carbocycles. The summed E-state index contributed by atoms with van der Waals surface area (Å²) >= 11 is 1.69. The Morgan fingerprint density at radius 3 is 2.57 bits per heavy atom. The molecule has 2 nitrogen and oxygen atoms in total. The quantitative estimate of drug-likeness (QED) is 0.788. The Balaban J connectivity index is 2.72. The van der Waals surface area contributed by atoms with Crippen LogP contribution in [0.3, 0.4) is 0 Å². The molecule has 3 heteroatoms. The molecule has 1 heterocycles. The SMILES string of the molecule is CCc1ccc(C(O)C(CC)CN)s1. The van der Waals surface area contributed by atoms with E-state index in [2.05, 4.69) is 19.9 Å².